The van der Waals surface area contributed by atoms with Crippen molar-refractivity contribution < 1.29 is 41.1 Å². The van der Waals surface area contributed by atoms with Gasteiger partial charge in [0.1, 0.15) is 11.3 Å². The van der Waals surface area contributed by atoms with Crippen LogP contribution in [-0.2, 0) is 12.7 Å². The van der Waals surface area contributed by atoms with Crippen LogP contribution in [0.3, 0.4) is 0 Å². The van der Waals surface area contributed by atoms with Gasteiger partial charge in [0, 0.05) is 29.3 Å². The Morgan fingerprint density at radius 1 is 1.29 bits per heavy atom. The third-order valence-corrected chi connectivity index (χ3v) is 7.01. The summed E-state index contributed by atoms with van der Waals surface area (Å²) in [6, 6.07) is 2.70. The monoisotopic (exact) mass is 509 g/mol. The van der Waals surface area contributed by atoms with E-state index in [0.717, 1.165) is 21.2 Å². The van der Waals surface area contributed by atoms with Crippen LogP contribution >= 0.6 is 11.8 Å². The average molecular weight is 509 g/mol. The molecule has 6 nitrogen and oxygen atoms in total. The zero-order valence-electron chi connectivity index (χ0n) is 18.3. The minimum Gasteiger partial charge on any atom is -0.320 e. The first kappa shape index (κ1) is 24.7. The van der Waals surface area contributed by atoms with Gasteiger partial charge < -0.3 is 5.32 Å². The number of hydrogen-bond donors (Lipinski definition) is 2. The molecule has 2 fully saturated rings. The predicted molar refractivity (Wildman–Crippen MR) is 110 cm³/mol. The molecule has 2 aromatic rings. The summed E-state index contributed by atoms with van der Waals surface area (Å²) in [5.41, 5.74) is -2.87. The van der Waals surface area contributed by atoms with Crippen LogP contribution in [0.25, 0.3) is 0 Å². The Morgan fingerprint density at radius 3 is 2.47 bits per heavy atom. The van der Waals surface area contributed by atoms with Crippen LogP contribution in [0.5, 0.6) is 0 Å². The Morgan fingerprint density at radius 2 is 1.94 bits per heavy atom. The number of amides is 1. The third kappa shape index (κ3) is 4.84. The molecule has 0 bridgehead atoms. The number of carbonyl (C=O) groups is 1. The van der Waals surface area contributed by atoms with E-state index in [-0.39, 0.29) is 30.8 Å². The van der Waals surface area contributed by atoms with E-state index in [1.807, 2.05) is 0 Å². The van der Waals surface area contributed by atoms with Crippen LogP contribution in [0.1, 0.15) is 60.3 Å². The van der Waals surface area contributed by atoms with Crippen molar-refractivity contribution in [1.82, 2.24) is 9.78 Å². The smallest absolute Gasteiger partial charge is 0.320 e. The minimum atomic E-state index is -4.87. The van der Waals surface area contributed by atoms with Crippen molar-refractivity contribution in [2.24, 2.45) is 11.3 Å². The van der Waals surface area contributed by atoms with Gasteiger partial charge in [0.15, 0.2) is 0 Å². The highest BCUT2D eigenvalue weighted by Gasteiger charge is 2.54. The van der Waals surface area contributed by atoms with E-state index in [1.165, 1.54) is 18.3 Å². The summed E-state index contributed by atoms with van der Waals surface area (Å²) in [6.45, 7) is 1.32. The van der Waals surface area contributed by atoms with Crippen LogP contribution in [0.15, 0.2) is 23.4 Å². The zero-order chi connectivity index (χ0) is 25.1. The summed E-state index contributed by atoms with van der Waals surface area (Å²) >= 11 is 1.15. The lowest BCUT2D eigenvalue weighted by Crippen LogP contribution is -2.45. The van der Waals surface area contributed by atoms with E-state index in [9.17, 15) is 36.3 Å². The Kier molecular flexibility index (Phi) is 6.06. The molecule has 2 aromatic heterocycles. The molecule has 2 aliphatic rings. The van der Waals surface area contributed by atoms with Crippen LogP contribution in [-0.4, -0.2) is 33.3 Å². The van der Waals surface area contributed by atoms with Crippen molar-refractivity contribution in [3.8, 4) is 0 Å². The summed E-state index contributed by atoms with van der Waals surface area (Å²) in [6.07, 6.45) is -5.83. The number of anilines is 1. The number of nitrogens with one attached hydrogen (secondary N) is 1. The van der Waals surface area contributed by atoms with Crippen molar-refractivity contribution in [2.45, 2.75) is 62.4 Å². The standard InChI is InChI=1S/C21H22F6N4O2S/c1-19(8-12(9-19)20(22,23)24)10-30-17(15(21(25,26)27)16(29-30)11-3-4-11)18(32)28-13-5-6-31(33)14(7-13)34-2/h5-7,11-12,33H,3-4,8-10H2,1-2H3/p+1. The maximum Gasteiger partial charge on any atom is 0.420 e. The summed E-state index contributed by atoms with van der Waals surface area (Å²) in [7, 11) is 0. The highest BCUT2D eigenvalue weighted by molar-refractivity contribution is 7.98. The van der Waals surface area contributed by atoms with E-state index in [1.54, 1.807) is 13.2 Å². The minimum absolute atomic E-state index is 0.153. The molecule has 0 unspecified atom stereocenters. The summed E-state index contributed by atoms with van der Waals surface area (Å²) in [4.78, 5) is 13.1. The van der Waals surface area contributed by atoms with E-state index in [2.05, 4.69) is 10.4 Å². The molecule has 0 saturated heterocycles. The molecular formula is C21H23F6N4O2S+. The second kappa shape index (κ2) is 8.35. The van der Waals surface area contributed by atoms with Gasteiger partial charge in [-0.25, -0.2) is 0 Å². The highest BCUT2D eigenvalue weighted by Crippen LogP contribution is 2.54. The highest BCUT2D eigenvalue weighted by atomic mass is 32.2. The van der Waals surface area contributed by atoms with Crippen LogP contribution in [0.4, 0.5) is 32.0 Å². The van der Waals surface area contributed by atoms with Gasteiger partial charge in [-0.15, -0.1) is 0 Å². The third-order valence-electron chi connectivity index (χ3n) is 6.28. The molecule has 34 heavy (non-hydrogen) atoms. The largest absolute Gasteiger partial charge is 0.420 e. The lowest BCUT2D eigenvalue weighted by Gasteiger charge is -2.46. The van der Waals surface area contributed by atoms with Gasteiger partial charge in [0.05, 0.1) is 17.3 Å². The van der Waals surface area contributed by atoms with Crippen molar-refractivity contribution in [3.63, 3.8) is 0 Å². The van der Waals surface area contributed by atoms with Crippen LogP contribution in [0.2, 0.25) is 0 Å². The number of aromatic nitrogens is 3. The molecule has 2 saturated carbocycles. The van der Waals surface area contributed by atoms with Gasteiger partial charge in [-0.3, -0.25) is 14.7 Å². The van der Waals surface area contributed by atoms with Crippen LogP contribution in [0, 0.1) is 11.3 Å². The van der Waals surface area contributed by atoms with Crippen molar-refractivity contribution in [3.05, 3.63) is 35.3 Å². The lowest BCUT2D eigenvalue weighted by molar-refractivity contribution is -0.932. The number of halogens is 6. The number of carbonyl (C=O) groups excluding carboxylic acids is 1. The Balaban J connectivity index is 1.70. The molecule has 1 amide bonds. The number of alkyl halides is 6. The first-order chi connectivity index (χ1) is 15.7. The fourth-order valence-electron chi connectivity index (χ4n) is 4.49. The molecule has 13 heteroatoms. The molecule has 0 aliphatic heterocycles. The van der Waals surface area contributed by atoms with E-state index >= 15 is 0 Å². The maximum atomic E-state index is 14.1. The zero-order valence-corrected chi connectivity index (χ0v) is 19.1. The Bertz CT molecular complexity index is 1100. The molecule has 2 N–H and O–H groups in total. The Labute approximate surface area is 195 Å². The molecule has 2 heterocycles. The summed E-state index contributed by atoms with van der Waals surface area (Å²) in [5.74, 6) is -3.02. The fourth-order valence-corrected chi connectivity index (χ4v) is 4.98. The van der Waals surface area contributed by atoms with E-state index in [0.29, 0.717) is 17.9 Å². The van der Waals surface area contributed by atoms with Gasteiger partial charge in [-0.1, -0.05) is 18.7 Å². The molecule has 2 aliphatic carbocycles. The van der Waals surface area contributed by atoms with Crippen molar-refractivity contribution in [1.29, 1.82) is 0 Å². The first-order valence-electron chi connectivity index (χ1n) is 10.6. The van der Waals surface area contributed by atoms with Crippen molar-refractivity contribution >= 4 is 23.4 Å². The number of thioether (sulfide) groups is 1. The molecule has 186 valence electrons. The number of hydrogen-bond acceptors (Lipinski definition) is 4. The molecule has 0 spiro atoms. The molecule has 0 aromatic carbocycles. The average Bonchev–Trinajstić information content (AvgIpc) is 3.46. The topological polar surface area (TPSA) is 71.0 Å². The SMILES string of the molecule is CSc1cc(NC(=O)c2c(C(F)(F)F)c(C3CC3)nn2CC2(C)CC(C(F)(F)F)C2)cc[n+]1O. The molecular weight excluding hydrogens is 486 g/mol. The summed E-state index contributed by atoms with van der Waals surface area (Å²) in [5, 5.41) is 16.6. The number of rotatable bonds is 6. The van der Waals surface area contributed by atoms with E-state index < -0.39 is 46.8 Å². The van der Waals surface area contributed by atoms with Gasteiger partial charge in [0.25, 0.3) is 10.9 Å². The second-order valence-corrected chi connectivity index (χ2v) is 10.1. The normalized spacial score (nSPS) is 23.0. The van der Waals surface area contributed by atoms with E-state index in [4.69, 9.17) is 0 Å². The van der Waals surface area contributed by atoms with Gasteiger partial charge >= 0.3 is 12.4 Å². The van der Waals surface area contributed by atoms with Gasteiger partial charge in [-0.05, 0) is 37.4 Å². The predicted octanol–water partition coefficient (Wildman–Crippen LogP) is 5.26. The Hall–Kier alpha value is -2.44. The molecule has 0 radical (unpaired) electrons. The fraction of sp³-hybridized carbons (Fsp3) is 0.571. The first-order valence-corrected chi connectivity index (χ1v) is 11.8. The van der Waals surface area contributed by atoms with Crippen LogP contribution < -0.4 is 10.0 Å². The quantitative estimate of drug-likeness (QED) is 0.241. The number of nitrogens with zero attached hydrogens (tertiary/aromatic N) is 3. The van der Waals surface area contributed by atoms with Gasteiger partial charge in [0.2, 0.25) is 6.20 Å². The molecule has 4 rings (SSSR count). The second-order valence-electron chi connectivity index (χ2n) is 9.25. The summed E-state index contributed by atoms with van der Waals surface area (Å²) < 4.78 is 83.1. The lowest BCUT2D eigenvalue weighted by atomic mass is 9.63. The van der Waals surface area contributed by atoms with Gasteiger partial charge in [-0.2, -0.15) is 31.4 Å². The molecule has 0 atom stereocenters. The number of pyridine rings is 1. The van der Waals surface area contributed by atoms with Crippen molar-refractivity contribution in [2.75, 3.05) is 11.6 Å². The maximum absolute atomic E-state index is 14.1.